The molecule has 0 aliphatic carbocycles. The fourth-order valence-corrected chi connectivity index (χ4v) is 2.73. The van der Waals surface area contributed by atoms with Crippen LogP contribution in [0.2, 0.25) is 0 Å². The van der Waals surface area contributed by atoms with Gasteiger partial charge in [0.05, 0.1) is 23.4 Å². The molecule has 0 unspecified atom stereocenters. The quantitative estimate of drug-likeness (QED) is 0.800. The number of aryl methyl sites for hydroxylation is 1. The molecule has 24 heavy (non-hydrogen) atoms. The van der Waals surface area contributed by atoms with Crippen molar-refractivity contribution in [1.82, 2.24) is 20.0 Å². The van der Waals surface area contributed by atoms with E-state index >= 15 is 0 Å². The van der Waals surface area contributed by atoms with E-state index < -0.39 is 5.41 Å². The highest BCUT2D eigenvalue weighted by Crippen LogP contribution is 2.25. The second-order valence-corrected chi connectivity index (χ2v) is 7.40. The zero-order valence-corrected chi connectivity index (χ0v) is 15.2. The van der Waals surface area contributed by atoms with Crippen LogP contribution in [0.15, 0.2) is 6.20 Å². The Morgan fingerprint density at radius 3 is 2.71 bits per heavy atom. The number of ketones is 1. The smallest absolute Gasteiger partial charge is 0.231 e. The highest BCUT2D eigenvalue weighted by molar-refractivity contribution is 7.17. The standard InChI is InChI=1S/C15H21N5O3S/c1-9-12(24-14(16-9)17-13(22)15(2,3)4)11(21)7-20-6-10(8-23-5)18-19-20/h6H,7-8H2,1-5H3,(H,16,17,22). The van der Waals surface area contributed by atoms with Crippen LogP contribution in [0.3, 0.4) is 0 Å². The van der Waals surface area contributed by atoms with Crippen LogP contribution in [-0.2, 0) is 22.7 Å². The zero-order chi connectivity index (χ0) is 17.9. The van der Waals surface area contributed by atoms with Crippen LogP contribution in [0.5, 0.6) is 0 Å². The topological polar surface area (TPSA) is 99.0 Å². The lowest BCUT2D eigenvalue weighted by atomic mass is 9.96. The third-order valence-electron chi connectivity index (χ3n) is 3.14. The molecule has 0 aromatic carbocycles. The first-order chi connectivity index (χ1) is 11.2. The summed E-state index contributed by atoms with van der Waals surface area (Å²) in [4.78, 5) is 29.2. The van der Waals surface area contributed by atoms with Gasteiger partial charge in [-0.3, -0.25) is 9.59 Å². The van der Waals surface area contributed by atoms with Crippen molar-refractivity contribution in [3.63, 3.8) is 0 Å². The summed E-state index contributed by atoms with van der Waals surface area (Å²) in [5.41, 5.74) is 0.721. The van der Waals surface area contributed by atoms with Gasteiger partial charge in [-0.2, -0.15) is 0 Å². The molecular weight excluding hydrogens is 330 g/mol. The van der Waals surface area contributed by atoms with Crippen molar-refractivity contribution in [1.29, 1.82) is 0 Å². The lowest BCUT2D eigenvalue weighted by Crippen LogP contribution is -2.27. The summed E-state index contributed by atoms with van der Waals surface area (Å²) < 4.78 is 6.43. The van der Waals surface area contributed by atoms with Gasteiger partial charge in [0.2, 0.25) is 5.91 Å². The summed E-state index contributed by atoms with van der Waals surface area (Å²) in [6.45, 7) is 7.60. The Labute approximate surface area is 144 Å². The maximum absolute atomic E-state index is 12.4. The molecule has 1 N–H and O–H groups in total. The minimum Gasteiger partial charge on any atom is -0.378 e. The summed E-state index contributed by atoms with van der Waals surface area (Å²) in [5.74, 6) is -0.272. The first kappa shape index (κ1) is 18.2. The van der Waals surface area contributed by atoms with Crippen LogP contribution in [0.4, 0.5) is 5.13 Å². The number of ether oxygens (including phenoxy) is 1. The molecule has 0 spiro atoms. The van der Waals surface area contributed by atoms with E-state index in [1.807, 2.05) is 20.8 Å². The van der Waals surface area contributed by atoms with Gasteiger partial charge in [0.25, 0.3) is 0 Å². The number of methoxy groups -OCH3 is 1. The Morgan fingerprint density at radius 1 is 1.38 bits per heavy atom. The van der Waals surface area contributed by atoms with E-state index in [2.05, 4.69) is 20.6 Å². The first-order valence-corrected chi connectivity index (χ1v) is 8.22. The third kappa shape index (κ3) is 4.45. The minimum absolute atomic E-state index is 0.0619. The highest BCUT2D eigenvalue weighted by Gasteiger charge is 2.24. The van der Waals surface area contributed by atoms with E-state index in [0.717, 1.165) is 0 Å². The van der Waals surface area contributed by atoms with Gasteiger partial charge in [-0.05, 0) is 6.92 Å². The van der Waals surface area contributed by atoms with Gasteiger partial charge in [0, 0.05) is 12.5 Å². The zero-order valence-electron chi connectivity index (χ0n) is 14.4. The Morgan fingerprint density at radius 2 is 2.08 bits per heavy atom. The van der Waals surface area contributed by atoms with Crippen molar-refractivity contribution >= 4 is 28.2 Å². The summed E-state index contributed by atoms with van der Waals surface area (Å²) in [5, 5.41) is 11.0. The molecule has 9 heteroatoms. The van der Waals surface area contributed by atoms with Gasteiger partial charge >= 0.3 is 0 Å². The Hall–Kier alpha value is -2.13. The number of nitrogens with one attached hydrogen (secondary N) is 1. The van der Waals surface area contributed by atoms with E-state index in [1.54, 1.807) is 20.2 Å². The van der Waals surface area contributed by atoms with E-state index in [0.29, 0.717) is 28.0 Å². The summed E-state index contributed by atoms with van der Waals surface area (Å²) in [7, 11) is 1.57. The molecule has 0 aliphatic rings. The maximum Gasteiger partial charge on any atom is 0.231 e. The molecule has 0 fully saturated rings. The number of anilines is 1. The Kier molecular flexibility index (Phi) is 5.45. The van der Waals surface area contributed by atoms with Crippen LogP contribution < -0.4 is 5.32 Å². The molecule has 2 aromatic rings. The van der Waals surface area contributed by atoms with Gasteiger partial charge in [0.15, 0.2) is 10.9 Å². The number of rotatable bonds is 6. The molecule has 8 nitrogen and oxygen atoms in total. The largest absolute Gasteiger partial charge is 0.378 e. The van der Waals surface area contributed by atoms with E-state index in [1.165, 1.54) is 16.0 Å². The second kappa shape index (κ2) is 7.18. The van der Waals surface area contributed by atoms with Crippen molar-refractivity contribution < 1.29 is 14.3 Å². The molecule has 0 saturated carbocycles. The number of aromatic nitrogens is 4. The molecule has 2 aromatic heterocycles. The van der Waals surface area contributed by atoms with E-state index in [-0.39, 0.29) is 18.2 Å². The fourth-order valence-electron chi connectivity index (χ4n) is 1.84. The van der Waals surface area contributed by atoms with Crippen molar-refractivity contribution in [2.75, 3.05) is 12.4 Å². The molecule has 0 bridgehead atoms. The van der Waals surface area contributed by atoms with Gasteiger partial charge in [0.1, 0.15) is 12.2 Å². The van der Waals surface area contributed by atoms with Gasteiger partial charge < -0.3 is 10.1 Å². The monoisotopic (exact) mass is 351 g/mol. The van der Waals surface area contributed by atoms with Crippen LogP contribution >= 0.6 is 11.3 Å². The normalized spacial score (nSPS) is 11.5. The summed E-state index contributed by atoms with van der Waals surface area (Å²) in [6.07, 6.45) is 1.67. The number of hydrogen-bond acceptors (Lipinski definition) is 7. The maximum atomic E-state index is 12.4. The SMILES string of the molecule is COCc1cn(CC(=O)c2sc(NC(=O)C(C)(C)C)nc2C)nn1. The fraction of sp³-hybridized carbons (Fsp3) is 0.533. The first-order valence-electron chi connectivity index (χ1n) is 7.40. The van der Waals surface area contributed by atoms with Crippen LogP contribution in [0, 0.1) is 12.3 Å². The van der Waals surface area contributed by atoms with Crippen LogP contribution in [-0.4, -0.2) is 38.8 Å². The second-order valence-electron chi connectivity index (χ2n) is 6.40. The number of carbonyl (C=O) groups is 2. The van der Waals surface area contributed by atoms with Crippen molar-refractivity contribution in [3.05, 3.63) is 22.5 Å². The predicted octanol–water partition coefficient (Wildman–Crippen LogP) is 2.06. The van der Waals surface area contributed by atoms with E-state index in [9.17, 15) is 9.59 Å². The average Bonchev–Trinajstić information content (AvgIpc) is 3.05. The molecule has 1 amide bonds. The van der Waals surface area contributed by atoms with Crippen molar-refractivity contribution in [2.45, 2.75) is 40.8 Å². The number of carbonyl (C=O) groups excluding carboxylic acids is 2. The number of amides is 1. The molecule has 0 atom stereocenters. The molecule has 0 aliphatic heterocycles. The van der Waals surface area contributed by atoms with Crippen molar-refractivity contribution in [3.8, 4) is 0 Å². The van der Waals surface area contributed by atoms with E-state index in [4.69, 9.17) is 4.74 Å². The predicted molar refractivity (Wildman–Crippen MR) is 90.0 cm³/mol. The number of Topliss-reactive ketones (excluding diaryl/α,β-unsaturated/α-hetero) is 1. The minimum atomic E-state index is -0.526. The summed E-state index contributed by atoms with van der Waals surface area (Å²) >= 11 is 1.17. The Balaban J connectivity index is 2.08. The van der Waals surface area contributed by atoms with Gasteiger partial charge in [-0.25, -0.2) is 9.67 Å². The van der Waals surface area contributed by atoms with Crippen molar-refractivity contribution in [2.24, 2.45) is 5.41 Å². The number of thiazole rings is 1. The van der Waals surface area contributed by atoms with Gasteiger partial charge in [-0.1, -0.05) is 37.3 Å². The number of hydrogen-bond donors (Lipinski definition) is 1. The molecule has 0 radical (unpaired) electrons. The molecule has 0 saturated heterocycles. The molecule has 130 valence electrons. The molecule has 2 heterocycles. The lowest BCUT2D eigenvalue weighted by molar-refractivity contribution is -0.123. The molecule has 2 rings (SSSR count). The van der Waals surface area contributed by atoms with Crippen LogP contribution in [0.1, 0.15) is 41.8 Å². The molecular formula is C15H21N5O3S. The number of nitrogens with zero attached hydrogens (tertiary/aromatic N) is 4. The third-order valence-corrected chi connectivity index (χ3v) is 4.25. The van der Waals surface area contributed by atoms with Crippen LogP contribution in [0.25, 0.3) is 0 Å². The summed E-state index contributed by atoms with van der Waals surface area (Å²) in [6, 6.07) is 0. The Bertz CT molecular complexity index is 745. The average molecular weight is 351 g/mol. The van der Waals surface area contributed by atoms with Gasteiger partial charge in [-0.15, -0.1) is 5.10 Å². The lowest BCUT2D eigenvalue weighted by Gasteiger charge is -2.15. The highest BCUT2D eigenvalue weighted by atomic mass is 32.1.